The van der Waals surface area contributed by atoms with Crippen LogP contribution in [-0.2, 0) is 20.9 Å². The summed E-state index contributed by atoms with van der Waals surface area (Å²) in [6.07, 6.45) is 0. The maximum Gasteiger partial charge on any atom is 0.308 e. The lowest BCUT2D eigenvalue weighted by Gasteiger charge is -2.30. The zero-order valence-corrected chi connectivity index (χ0v) is 23.3. The molecule has 0 aliphatic carbocycles. The van der Waals surface area contributed by atoms with Gasteiger partial charge in [0.15, 0.2) is 0 Å². The van der Waals surface area contributed by atoms with Gasteiger partial charge in [-0.15, -0.1) is 0 Å². The van der Waals surface area contributed by atoms with Crippen molar-refractivity contribution in [3.8, 4) is 5.75 Å². The third kappa shape index (κ3) is 4.60. The number of para-hydroxylation sites is 1. The maximum atomic E-state index is 13.8. The van der Waals surface area contributed by atoms with Gasteiger partial charge >= 0.3 is 4.87 Å². The average Bonchev–Trinajstić information content (AvgIpc) is 3.37. The number of amides is 3. The Labute approximate surface area is 239 Å². The monoisotopic (exact) mass is 621 g/mol. The summed E-state index contributed by atoms with van der Waals surface area (Å²) in [4.78, 5) is 55.2. The van der Waals surface area contributed by atoms with E-state index in [0.717, 1.165) is 21.4 Å². The van der Waals surface area contributed by atoms with Crippen LogP contribution in [0.5, 0.6) is 5.75 Å². The number of halogens is 1. The van der Waals surface area contributed by atoms with Crippen LogP contribution in [0.15, 0.2) is 93.2 Å². The van der Waals surface area contributed by atoms with E-state index in [1.54, 1.807) is 36.4 Å². The zero-order chi connectivity index (χ0) is 27.3. The van der Waals surface area contributed by atoms with Crippen LogP contribution < -0.4 is 15.1 Å². The van der Waals surface area contributed by atoms with Gasteiger partial charge in [0.1, 0.15) is 17.5 Å². The van der Waals surface area contributed by atoms with Crippen molar-refractivity contribution in [3.05, 3.63) is 103 Å². The van der Waals surface area contributed by atoms with Crippen LogP contribution in [0.3, 0.4) is 0 Å². The molecule has 2 aliphatic rings. The number of carbonyl (C=O) groups is 3. The van der Waals surface area contributed by atoms with E-state index in [9.17, 15) is 24.3 Å². The summed E-state index contributed by atoms with van der Waals surface area (Å²) in [5, 5.41) is 12.0. The molecule has 3 atom stereocenters. The SMILES string of the molecule is O=C(Cn1c2c(sc1=O)C(c1ccc(Br)cc1)C1C(=O)N(c3ccccc3)C(=O)C1S2)Nc1ccc(O)cc1. The highest BCUT2D eigenvalue weighted by Gasteiger charge is 2.56. The van der Waals surface area contributed by atoms with Crippen molar-refractivity contribution >= 4 is 68.1 Å². The Morgan fingerprint density at radius 3 is 2.31 bits per heavy atom. The largest absolute Gasteiger partial charge is 0.508 e. The fraction of sp³-hybridized carbons (Fsp3) is 0.143. The van der Waals surface area contributed by atoms with Crippen LogP contribution in [0.1, 0.15) is 16.4 Å². The number of phenolic OH excluding ortho intramolecular Hbond substituents is 1. The molecule has 3 aromatic carbocycles. The van der Waals surface area contributed by atoms with Gasteiger partial charge in [-0.1, -0.05) is 69.4 Å². The number of hydrogen-bond donors (Lipinski definition) is 2. The molecule has 2 N–H and O–H groups in total. The Balaban J connectivity index is 1.40. The number of anilines is 2. The molecule has 0 spiro atoms. The van der Waals surface area contributed by atoms with Crippen LogP contribution in [0.2, 0.25) is 0 Å². The fourth-order valence-electron chi connectivity index (χ4n) is 5.01. The molecular weight excluding hydrogens is 602 g/mol. The van der Waals surface area contributed by atoms with E-state index < -0.39 is 23.0 Å². The van der Waals surface area contributed by atoms with Crippen LogP contribution in [0.4, 0.5) is 11.4 Å². The van der Waals surface area contributed by atoms with Crippen LogP contribution >= 0.6 is 39.0 Å². The summed E-state index contributed by atoms with van der Waals surface area (Å²) in [7, 11) is 0. The number of benzene rings is 3. The highest BCUT2D eigenvalue weighted by Crippen LogP contribution is 2.53. The summed E-state index contributed by atoms with van der Waals surface area (Å²) >= 11 is 5.63. The van der Waals surface area contributed by atoms with Crippen molar-refractivity contribution in [2.75, 3.05) is 10.2 Å². The molecule has 2 aliphatic heterocycles. The summed E-state index contributed by atoms with van der Waals surface area (Å²) in [5.74, 6) is -2.22. The number of imide groups is 1. The quantitative estimate of drug-likeness (QED) is 0.244. The van der Waals surface area contributed by atoms with Gasteiger partial charge in [-0.05, 0) is 54.1 Å². The first-order valence-electron chi connectivity index (χ1n) is 12.0. The van der Waals surface area contributed by atoms with Crippen LogP contribution in [0.25, 0.3) is 0 Å². The molecule has 3 amide bonds. The number of nitrogens with zero attached hydrogens (tertiary/aromatic N) is 2. The van der Waals surface area contributed by atoms with Crippen LogP contribution in [0, 0.1) is 5.92 Å². The summed E-state index contributed by atoms with van der Waals surface area (Å²) in [6, 6.07) is 22.4. The van der Waals surface area contributed by atoms with Gasteiger partial charge in [-0.3, -0.25) is 23.7 Å². The molecular formula is C28H20BrN3O5S2. The van der Waals surface area contributed by atoms with E-state index >= 15 is 0 Å². The second kappa shape index (κ2) is 10.1. The molecule has 4 aromatic rings. The number of thiazole rings is 1. The third-order valence-electron chi connectivity index (χ3n) is 6.75. The number of aromatic nitrogens is 1. The highest BCUT2D eigenvalue weighted by molar-refractivity contribution is 9.10. The molecule has 3 unspecified atom stereocenters. The molecule has 1 aromatic heterocycles. The van der Waals surface area contributed by atoms with E-state index in [0.29, 0.717) is 21.3 Å². The number of phenols is 1. The lowest BCUT2D eigenvalue weighted by molar-refractivity contribution is -0.122. The van der Waals surface area contributed by atoms with Gasteiger partial charge < -0.3 is 10.4 Å². The van der Waals surface area contributed by atoms with Gasteiger partial charge in [-0.25, -0.2) is 4.90 Å². The predicted octanol–water partition coefficient (Wildman–Crippen LogP) is 4.81. The highest BCUT2D eigenvalue weighted by atomic mass is 79.9. The van der Waals surface area contributed by atoms with E-state index in [4.69, 9.17) is 0 Å². The summed E-state index contributed by atoms with van der Waals surface area (Å²) in [6.45, 7) is -0.256. The topological polar surface area (TPSA) is 109 Å². The minimum atomic E-state index is -0.751. The third-order valence-corrected chi connectivity index (χ3v) is 9.88. The normalized spacial score (nSPS) is 20.0. The Kier molecular flexibility index (Phi) is 6.66. The number of fused-ring (bicyclic) bond motifs is 2. The molecule has 3 heterocycles. The number of thioether (sulfide) groups is 1. The van der Waals surface area contributed by atoms with Crippen molar-refractivity contribution in [3.63, 3.8) is 0 Å². The first kappa shape index (κ1) is 25.6. The van der Waals surface area contributed by atoms with Crippen LogP contribution in [-0.4, -0.2) is 32.6 Å². The molecule has 11 heteroatoms. The van der Waals surface area contributed by atoms with Crippen molar-refractivity contribution in [1.29, 1.82) is 0 Å². The molecule has 39 heavy (non-hydrogen) atoms. The second-order valence-electron chi connectivity index (χ2n) is 9.16. The smallest absolute Gasteiger partial charge is 0.308 e. The van der Waals surface area contributed by atoms with Gasteiger partial charge in [0, 0.05) is 21.0 Å². The van der Waals surface area contributed by atoms with Gasteiger partial charge in [0.25, 0.3) is 0 Å². The number of rotatable bonds is 5. The lowest BCUT2D eigenvalue weighted by atomic mass is 9.83. The van der Waals surface area contributed by atoms with Crippen molar-refractivity contribution < 1.29 is 19.5 Å². The summed E-state index contributed by atoms with van der Waals surface area (Å²) < 4.78 is 2.25. The Morgan fingerprint density at radius 1 is 0.923 bits per heavy atom. The van der Waals surface area contributed by atoms with E-state index in [-0.39, 0.29) is 29.0 Å². The Morgan fingerprint density at radius 2 is 1.62 bits per heavy atom. The van der Waals surface area contributed by atoms with Gasteiger partial charge in [0.2, 0.25) is 17.7 Å². The molecule has 1 saturated heterocycles. The van der Waals surface area contributed by atoms with E-state index in [1.165, 1.54) is 33.4 Å². The molecule has 0 bridgehead atoms. The maximum absolute atomic E-state index is 13.8. The first-order valence-corrected chi connectivity index (χ1v) is 14.5. The Bertz CT molecular complexity index is 1650. The predicted molar refractivity (Wildman–Crippen MR) is 153 cm³/mol. The Hall–Kier alpha value is -3.67. The number of hydrogen-bond acceptors (Lipinski definition) is 7. The van der Waals surface area contributed by atoms with Gasteiger partial charge in [-0.2, -0.15) is 0 Å². The minimum Gasteiger partial charge on any atom is -0.508 e. The molecule has 6 rings (SSSR count). The van der Waals surface area contributed by atoms with E-state index in [1.807, 2.05) is 30.3 Å². The molecule has 196 valence electrons. The minimum absolute atomic E-state index is 0.0707. The van der Waals surface area contributed by atoms with Crippen molar-refractivity contribution in [2.24, 2.45) is 5.92 Å². The van der Waals surface area contributed by atoms with Gasteiger partial charge in [0.05, 0.1) is 16.6 Å². The average molecular weight is 623 g/mol. The number of aromatic hydroxyl groups is 1. The lowest BCUT2D eigenvalue weighted by Crippen LogP contribution is -2.33. The molecule has 1 fully saturated rings. The first-order chi connectivity index (χ1) is 18.8. The molecule has 8 nitrogen and oxygen atoms in total. The van der Waals surface area contributed by atoms with E-state index in [2.05, 4.69) is 21.2 Å². The molecule has 0 saturated carbocycles. The van der Waals surface area contributed by atoms with Crippen molar-refractivity contribution in [2.45, 2.75) is 22.7 Å². The number of nitrogens with one attached hydrogen (secondary N) is 1. The second-order valence-corrected chi connectivity index (χ2v) is 12.2. The zero-order valence-electron chi connectivity index (χ0n) is 20.1. The summed E-state index contributed by atoms with van der Waals surface area (Å²) in [5.41, 5.74) is 1.80. The fourth-order valence-corrected chi connectivity index (χ4v) is 8.04. The number of carbonyl (C=O) groups excluding carboxylic acids is 3. The van der Waals surface area contributed by atoms with Crippen molar-refractivity contribution in [1.82, 2.24) is 4.57 Å². The molecule has 0 radical (unpaired) electrons. The standard InChI is InChI=1S/C28H20BrN3O5S2/c29-16-8-6-15(7-9-16)21-22-23(26(36)32(25(22)35)18-4-2-1-3-5-18)38-27-24(21)39-28(37)31(27)14-20(34)30-17-10-12-19(33)13-11-17/h1-13,21-23,33H,14H2,(H,30,34).